The van der Waals surface area contributed by atoms with Gasteiger partial charge in [0.25, 0.3) is 0 Å². The first-order valence-electron chi connectivity index (χ1n) is 5.99. The van der Waals surface area contributed by atoms with Crippen LogP contribution in [0.5, 0.6) is 0 Å². The molecule has 0 aliphatic rings. The molecule has 2 aromatic rings. The van der Waals surface area contributed by atoms with Crippen LogP contribution >= 0.6 is 11.8 Å². The van der Waals surface area contributed by atoms with Crippen molar-refractivity contribution >= 4 is 17.7 Å². The van der Waals surface area contributed by atoms with Gasteiger partial charge >= 0.3 is 5.97 Å². The monoisotopic (exact) mass is 277 g/mol. The predicted octanol–water partition coefficient (Wildman–Crippen LogP) is 2.62. The number of hydrogen-bond donors (Lipinski definition) is 1. The summed E-state index contributed by atoms with van der Waals surface area (Å²) in [5, 5.41) is 13.9. The Balaban J connectivity index is 2.30. The van der Waals surface area contributed by atoms with Crippen LogP contribution in [0.2, 0.25) is 0 Å². The molecule has 6 heteroatoms. The van der Waals surface area contributed by atoms with Gasteiger partial charge in [-0.25, -0.2) is 9.78 Å². The Labute approximate surface area is 115 Å². The standard InChI is InChI=1S/C13H15N3O2S/c1-3-4-10-5-9(13(17)18)6-12(15-10)19-11-7-14-16(2)8-11/h5-8H,3-4H2,1-2H3,(H,17,18). The van der Waals surface area contributed by atoms with E-state index in [4.69, 9.17) is 5.11 Å². The number of aryl methyl sites for hydroxylation is 2. The molecule has 0 bridgehead atoms. The maximum Gasteiger partial charge on any atom is 0.335 e. The highest BCUT2D eigenvalue weighted by Gasteiger charge is 2.10. The SMILES string of the molecule is CCCc1cc(C(=O)O)cc(Sc2cnn(C)c2)n1. The van der Waals surface area contributed by atoms with E-state index >= 15 is 0 Å². The molecule has 0 unspecified atom stereocenters. The molecule has 5 nitrogen and oxygen atoms in total. The first-order chi connectivity index (χ1) is 9.08. The maximum absolute atomic E-state index is 11.1. The Morgan fingerprint density at radius 2 is 2.26 bits per heavy atom. The van der Waals surface area contributed by atoms with Gasteiger partial charge < -0.3 is 5.11 Å². The Hall–Kier alpha value is -1.82. The minimum Gasteiger partial charge on any atom is -0.478 e. The highest BCUT2D eigenvalue weighted by molar-refractivity contribution is 7.99. The second kappa shape index (κ2) is 5.88. The van der Waals surface area contributed by atoms with Crippen molar-refractivity contribution in [3.8, 4) is 0 Å². The lowest BCUT2D eigenvalue weighted by Crippen LogP contribution is -2.01. The Morgan fingerprint density at radius 3 is 2.84 bits per heavy atom. The van der Waals surface area contributed by atoms with E-state index < -0.39 is 5.97 Å². The lowest BCUT2D eigenvalue weighted by molar-refractivity contribution is 0.0696. The third kappa shape index (κ3) is 3.57. The highest BCUT2D eigenvalue weighted by Crippen LogP contribution is 2.26. The maximum atomic E-state index is 11.1. The smallest absolute Gasteiger partial charge is 0.335 e. The molecule has 0 spiro atoms. The second-order valence-electron chi connectivity index (χ2n) is 4.19. The van der Waals surface area contributed by atoms with Crippen molar-refractivity contribution in [1.29, 1.82) is 0 Å². The fourth-order valence-corrected chi connectivity index (χ4v) is 2.59. The predicted molar refractivity (Wildman–Crippen MR) is 72.5 cm³/mol. The Morgan fingerprint density at radius 1 is 1.47 bits per heavy atom. The van der Waals surface area contributed by atoms with Crippen LogP contribution in [0.4, 0.5) is 0 Å². The average Bonchev–Trinajstić information content (AvgIpc) is 2.75. The molecule has 19 heavy (non-hydrogen) atoms. The third-order valence-electron chi connectivity index (χ3n) is 2.51. The first-order valence-corrected chi connectivity index (χ1v) is 6.81. The summed E-state index contributed by atoms with van der Waals surface area (Å²) in [5.74, 6) is -0.923. The first kappa shape index (κ1) is 13.6. The van der Waals surface area contributed by atoms with Crippen LogP contribution in [-0.2, 0) is 13.5 Å². The number of pyridine rings is 1. The zero-order valence-electron chi connectivity index (χ0n) is 10.8. The Bertz CT molecular complexity index is 595. The van der Waals surface area contributed by atoms with Crippen LogP contribution in [0.3, 0.4) is 0 Å². The van der Waals surface area contributed by atoms with Gasteiger partial charge in [0.2, 0.25) is 0 Å². The quantitative estimate of drug-likeness (QED) is 0.910. The zero-order valence-corrected chi connectivity index (χ0v) is 11.6. The van der Waals surface area contributed by atoms with Crippen LogP contribution < -0.4 is 0 Å². The number of carboxylic acid groups (broad SMARTS) is 1. The van der Waals surface area contributed by atoms with E-state index in [1.54, 1.807) is 23.0 Å². The van der Waals surface area contributed by atoms with E-state index in [0.29, 0.717) is 5.03 Å². The minimum atomic E-state index is -0.923. The van der Waals surface area contributed by atoms with Crippen molar-refractivity contribution < 1.29 is 9.90 Å². The molecule has 100 valence electrons. The van der Waals surface area contributed by atoms with Gasteiger partial charge in [0, 0.05) is 18.9 Å². The molecule has 1 N–H and O–H groups in total. The van der Waals surface area contributed by atoms with Gasteiger partial charge in [-0.2, -0.15) is 5.10 Å². The van der Waals surface area contributed by atoms with Gasteiger partial charge in [-0.15, -0.1) is 0 Å². The molecule has 0 atom stereocenters. The molecule has 0 saturated carbocycles. The molecule has 2 heterocycles. The largest absolute Gasteiger partial charge is 0.478 e. The van der Waals surface area contributed by atoms with E-state index in [0.717, 1.165) is 23.4 Å². The van der Waals surface area contributed by atoms with Gasteiger partial charge in [-0.1, -0.05) is 25.1 Å². The number of rotatable bonds is 5. The van der Waals surface area contributed by atoms with Crippen LogP contribution in [0, 0.1) is 0 Å². The van der Waals surface area contributed by atoms with Gasteiger partial charge in [0.05, 0.1) is 16.7 Å². The normalized spacial score (nSPS) is 10.6. The number of aromatic nitrogens is 3. The molecule has 2 rings (SSSR count). The van der Waals surface area contributed by atoms with Crippen molar-refractivity contribution in [2.75, 3.05) is 0 Å². The van der Waals surface area contributed by atoms with E-state index in [2.05, 4.69) is 10.1 Å². The zero-order chi connectivity index (χ0) is 13.8. The van der Waals surface area contributed by atoms with Crippen LogP contribution in [-0.4, -0.2) is 25.8 Å². The summed E-state index contributed by atoms with van der Waals surface area (Å²) in [5.41, 5.74) is 1.10. The van der Waals surface area contributed by atoms with Crippen LogP contribution in [0.25, 0.3) is 0 Å². The van der Waals surface area contributed by atoms with Crippen molar-refractivity contribution in [3.05, 3.63) is 35.8 Å². The summed E-state index contributed by atoms with van der Waals surface area (Å²) in [7, 11) is 1.84. The van der Waals surface area contributed by atoms with Gasteiger partial charge in [-0.3, -0.25) is 4.68 Å². The summed E-state index contributed by atoms with van der Waals surface area (Å²) in [6.45, 7) is 2.04. The van der Waals surface area contributed by atoms with E-state index in [-0.39, 0.29) is 5.56 Å². The second-order valence-corrected chi connectivity index (χ2v) is 5.29. The molecule has 0 aliphatic carbocycles. The van der Waals surface area contributed by atoms with Gasteiger partial charge in [0.15, 0.2) is 0 Å². The third-order valence-corrected chi connectivity index (χ3v) is 3.38. The number of aromatic carboxylic acids is 1. The molecule has 0 saturated heterocycles. The fraction of sp³-hybridized carbons (Fsp3) is 0.308. The summed E-state index contributed by atoms with van der Waals surface area (Å²) < 4.78 is 1.70. The topological polar surface area (TPSA) is 68.0 Å². The van der Waals surface area contributed by atoms with E-state index in [1.165, 1.54) is 11.8 Å². The van der Waals surface area contributed by atoms with Gasteiger partial charge in [-0.05, 0) is 18.6 Å². The number of carboxylic acids is 1. The number of hydrogen-bond acceptors (Lipinski definition) is 4. The Kier molecular flexibility index (Phi) is 4.21. The van der Waals surface area contributed by atoms with Crippen molar-refractivity contribution in [3.63, 3.8) is 0 Å². The highest BCUT2D eigenvalue weighted by atomic mass is 32.2. The van der Waals surface area contributed by atoms with E-state index in [9.17, 15) is 4.79 Å². The molecule has 0 amide bonds. The van der Waals surface area contributed by atoms with E-state index in [1.807, 2.05) is 20.2 Å². The molecule has 2 aromatic heterocycles. The summed E-state index contributed by atoms with van der Waals surface area (Å²) in [6.07, 6.45) is 5.33. The number of nitrogens with zero attached hydrogens (tertiary/aromatic N) is 3. The molecule has 0 aliphatic heterocycles. The van der Waals surface area contributed by atoms with Crippen LogP contribution in [0.15, 0.2) is 34.4 Å². The molecule has 0 fully saturated rings. The molecule has 0 radical (unpaired) electrons. The summed E-state index contributed by atoms with van der Waals surface area (Å²) in [6, 6.07) is 3.23. The average molecular weight is 277 g/mol. The minimum absolute atomic E-state index is 0.282. The van der Waals surface area contributed by atoms with Crippen molar-refractivity contribution in [1.82, 2.24) is 14.8 Å². The molecular formula is C13H15N3O2S. The van der Waals surface area contributed by atoms with Crippen LogP contribution in [0.1, 0.15) is 29.4 Å². The fourth-order valence-electron chi connectivity index (χ4n) is 1.69. The summed E-state index contributed by atoms with van der Waals surface area (Å²) >= 11 is 1.42. The van der Waals surface area contributed by atoms with Crippen molar-refractivity contribution in [2.24, 2.45) is 7.05 Å². The number of carbonyl (C=O) groups is 1. The van der Waals surface area contributed by atoms with Crippen molar-refractivity contribution in [2.45, 2.75) is 29.7 Å². The lowest BCUT2D eigenvalue weighted by atomic mass is 10.2. The molecular weight excluding hydrogens is 262 g/mol. The lowest BCUT2D eigenvalue weighted by Gasteiger charge is -2.05. The van der Waals surface area contributed by atoms with Gasteiger partial charge in [0.1, 0.15) is 5.03 Å². The molecule has 0 aromatic carbocycles. The summed E-state index contributed by atoms with van der Waals surface area (Å²) in [4.78, 5) is 16.5.